The molecule has 1 heterocycles. The molecule has 0 unspecified atom stereocenters. The summed E-state index contributed by atoms with van der Waals surface area (Å²) in [6, 6.07) is 3.91. The van der Waals surface area contributed by atoms with Gasteiger partial charge in [0, 0.05) is 24.1 Å². The van der Waals surface area contributed by atoms with E-state index in [1.165, 1.54) is 6.07 Å². The molecule has 1 saturated heterocycles. The Morgan fingerprint density at radius 1 is 1.16 bits per heavy atom. The lowest BCUT2D eigenvalue weighted by Crippen LogP contribution is -2.39. The molecule has 0 radical (unpaired) electrons. The first kappa shape index (κ1) is 16.1. The Morgan fingerprint density at radius 3 is 2.26 bits per heavy atom. The van der Waals surface area contributed by atoms with Gasteiger partial charge in [0.05, 0.1) is 0 Å². The van der Waals surface area contributed by atoms with E-state index in [4.69, 9.17) is 0 Å². The molecular formula is C16H25F2N. The van der Waals surface area contributed by atoms with Crippen LogP contribution in [0.2, 0.25) is 0 Å². The Hall–Kier alpha value is -0.960. The molecule has 1 fully saturated rings. The molecule has 0 N–H and O–H groups in total. The van der Waals surface area contributed by atoms with Gasteiger partial charge in [-0.3, -0.25) is 4.90 Å². The fourth-order valence-electron chi connectivity index (χ4n) is 2.46. The SMILES string of the molecule is CC.CC(C)(C)N1CC[C@H](c2ccc(F)cc2F)C1. The summed E-state index contributed by atoms with van der Waals surface area (Å²) in [7, 11) is 0. The van der Waals surface area contributed by atoms with Crippen LogP contribution in [0.5, 0.6) is 0 Å². The largest absolute Gasteiger partial charge is 0.298 e. The summed E-state index contributed by atoms with van der Waals surface area (Å²) >= 11 is 0. The van der Waals surface area contributed by atoms with Crippen LogP contribution in [0.1, 0.15) is 52.5 Å². The summed E-state index contributed by atoms with van der Waals surface area (Å²) in [6.07, 6.45) is 0.944. The first-order valence-corrected chi connectivity index (χ1v) is 7.08. The average Bonchev–Trinajstić information content (AvgIpc) is 2.80. The van der Waals surface area contributed by atoms with Gasteiger partial charge in [-0.15, -0.1) is 0 Å². The van der Waals surface area contributed by atoms with Crippen molar-refractivity contribution in [2.45, 2.75) is 52.5 Å². The van der Waals surface area contributed by atoms with E-state index in [2.05, 4.69) is 25.7 Å². The van der Waals surface area contributed by atoms with Gasteiger partial charge in [-0.25, -0.2) is 8.78 Å². The Labute approximate surface area is 115 Å². The molecule has 0 saturated carbocycles. The number of nitrogens with zero attached hydrogens (tertiary/aromatic N) is 1. The van der Waals surface area contributed by atoms with E-state index in [1.54, 1.807) is 6.07 Å². The van der Waals surface area contributed by atoms with Crippen molar-refractivity contribution in [2.75, 3.05) is 13.1 Å². The second kappa shape index (κ2) is 6.47. The van der Waals surface area contributed by atoms with E-state index >= 15 is 0 Å². The standard InChI is InChI=1S/C14H19F2N.C2H6/c1-14(2,3)17-7-6-10(9-17)12-5-4-11(15)8-13(12)16;1-2/h4-5,8,10H,6-7,9H2,1-3H3;1-2H3/t10-;/m0./s1. The van der Waals surface area contributed by atoms with Gasteiger partial charge in [-0.05, 0) is 45.4 Å². The third-order valence-electron chi connectivity index (χ3n) is 3.54. The van der Waals surface area contributed by atoms with E-state index in [0.29, 0.717) is 5.56 Å². The smallest absolute Gasteiger partial charge is 0.129 e. The second-order valence-corrected chi connectivity index (χ2v) is 5.77. The zero-order chi connectivity index (χ0) is 14.6. The van der Waals surface area contributed by atoms with Crippen LogP contribution >= 0.6 is 0 Å². The molecule has 0 spiro atoms. The highest BCUT2D eigenvalue weighted by molar-refractivity contribution is 5.24. The molecule has 3 heteroatoms. The van der Waals surface area contributed by atoms with Crippen LogP contribution in [0.25, 0.3) is 0 Å². The van der Waals surface area contributed by atoms with Crippen molar-refractivity contribution in [1.29, 1.82) is 0 Å². The predicted molar refractivity (Wildman–Crippen MR) is 76.4 cm³/mol. The van der Waals surface area contributed by atoms with Crippen LogP contribution < -0.4 is 0 Å². The summed E-state index contributed by atoms with van der Waals surface area (Å²) < 4.78 is 26.5. The quantitative estimate of drug-likeness (QED) is 0.721. The highest BCUT2D eigenvalue weighted by Gasteiger charge is 2.32. The van der Waals surface area contributed by atoms with Gasteiger partial charge in [0.25, 0.3) is 0 Å². The molecule has 19 heavy (non-hydrogen) atoms. The molecule has 1 nitrogen and oxygen atoms in total. The Balaban J connectivity index is 0.000000861. The fourth-order valence-corrected chi connectivity index (χ4v) is 2.46. The highest BCUT2D eigenvalue weighted by Crippen LogP contribution is 2.32. The van der Waals surface area contributed by atoms with Gasteiger partial charge in [-0.1, -0.05) is 19.9 Å². The molecule has 1 aromatic rings. The molecule has 1 atom stereocenters. The maximum absolute atomic E-state index is 13.7. The van der Waals surface area contributed by atoms with Crippen molar-refractivity contribution >= 4 is 0 Å². The van der Waals surface area contributed by atoms with Gasteiger partial charge in [0.1, 0.15) is 11.6 Å². The van der Waals surface area contributed by atoms with E-state index in [-0.39, 0.29) is 11.5 Å². The monoisotopic (exact) mass is 269 g/mol. The zero-order valence-electron chi connectivity index (χ0n) is 12.6. The van der Waals surface area contributed by atoms with Crippen LogP contribution in [-0.2, 0) is 0 Å². The normalized spacial score (nSPS) is 20.1. The highest BCUT2D eigenvalue weighted by atomic mass is 19.1. The topological polar surface area (TPSA) is 3.24 Å². The summed E-state index contributed by atoms with van der Waals surface area (Å²) in [4.78, 5) is 2.35. The fraction of sp³-hybridized carbons (Fsp3) is 0.625. The van der Waals surface area contributed by atoms with E-state index in [0.717, 1.165) is 25.6 Å². The third kappa shape index (κ3) is 4.00. The molecule has 1 aromatic carbocycles. The molecule has 0 amide bonds. The van der Waals surface area contributed by atoms with Gasteiger partial charge < -0.3 is 0 Å². The molecule has 1 aliphatic rings. The van der Waals surface area contributed by atoms with Crippen LogP contribution in [-0.4, -0.2) is 23.5 Å². The molecule has 108 valence electrons. The minimum atomic E-state index is -0.503. The van der Waals surface area contributed by atoms with E-state index in [1.807, 2.05) is 13.8 Å². The van der Waals surface area contributed by atoms with Crippen LogP contribution in [0.3, 0.4) is 0 Å². The number of rotatable bonds is 1. The number of hydrogen-bond donors (Lipinski definition) is 0. The molecule has 2 rings (SSSR count). The molecule has 0 aromatic heterocycles. The van der Waals surface area contributed by atoms with Crippen LogP contribution in [0.4, 0.5) is 8.78 Å². The van der Waals surface area contributed by atoms with Crippen molar-refractivity contribution in [3.05, 3.63) is 35.4 Å². The van der Waals surface area contributed by atoms with Crippen molar-refractivity contribution in [2.24, 2.45) is 0 Å². The maximum atomic E-state index is 13.7. The lowest BCUT2D eigenvalue weighted by Gasteiger charge is -2.31. The average molecular weight is 269 g/mol. The lowest BCUT2D eigenvalue weighted by molar-refractivity contribution is 0.172. The summed E-state index contributed by atoms with van der Waals surface area (Å²) in [5.41, 5.74) is 0.767. The zero-order valence-corrected chi connectivity index (χ0v) is 12.6. The lowest BCUT2D eigenvalue weighted by atomic mass is 9.97. The minimum absolute atomic E-state index is 0.116. The Kier molecular flexibility index (Phi) is 5.48. The number of hydrogen-bond acceptors (Lipinski definition) is 1. The van der Waals surface area contributed by atoms with Crippen molar-refractivity contribution in [3.63, 3.8) is 0 Å². The van der Waals surface area contributed by atoms with Crippen molar-refractivity contribution < 1.29 is 8.78 Å². The van der Waals surface area contributed by atoms with Gasteiger partial charge in [-0.2, -0.15) is 0 Å². The third-order valence-corrected chi connectivity index (χ3v) is 3.54. The number of benzene rings is 1. The van der Waals surface area contributed by atoms with E-state index in [9.17, 15) is 8.78 Å². The van der Waals surface area contributed by atoms with Crippen molar-refractivity contribution in [3.8, 4) is 0 Å². The van der Waals surface area contributed by atoms with Crippen LogP contribution in [0.15, 0.2) is 18.2 Å². The first-order chi connectivity index (χ1) is 8.88. The van der Waals surface area contributed by atoms with Gasteiger partial charge in [0.2, 0.25) is 0 Å². The molecule has 0 aliphatic carbocycles. The van der Waals surface area contributed by atoms with Gasteiger partial charge in [0.15, 0.2) is 0 Å². The second-order valence-electron chi connectivity index (χ2n) is 5.77. The van der Waals surface area contributed by atoms with E-state index < -0.39 is 11.6 Å². The summed E-state index contributed by atoms with van der Waals surface area (Å²) in [5, 5.41) is 0. The van der Waals surface area contributed by atoms with Crippen LogP contribution in [0, 0.1) is 11.6 Å². The van der Waals surface area contributed by atoms with Gasteiger partial charge >= 0.3 is 0 Å². The summed E-state index contributed by atoms with van der Waals surface area (Å²) in [6.45, 7) is 12.3. The first-order valence-electron chi connectivity index (χ1n) is 7.08. The number of halogens is 2. The maximum Gasteiger partial charge on any atom is 0.129 e. The Bertz CT molecular complexity index is 410. The molecule has 0 bridgehead atoms. The van der Waals surface area contributed by atoms with Crippen molar-refractivity contribution in [1.82, 2.24) is 4.90 Å². The Morgan fingerprint density at radius 2 is 1.79 bits per heavy atom. The predicted octanol–water partition coefficient (Wildman–Crippen LogP) is 4.58. The molecular weight excluding hydrogens is 244 g/mol. The minimum Gasteiger partial charge on any atom is -0.298 e. The summed E-state index contributed by atoms with van der Waals surface area (Å²) in [5.74, 6) is -0.725. The molecule has 1 aliphatic heterocycles. The number of likely N-dealkylation sites (tertiary alicyclic amines) is 1.